The van der Waals surface area contributed by atoms with Gasteiger partial charge < -0.3 is 16.6 Å². The van der Waals surface area contributed by atoms with Gasteiger partial charge in [0, 0.05) is 12.1 Å². The number of aryl methyl sites for hydroxylation is 1. The molecule has 2 aromatic rings. The van der Waals surface area contributed by atoms with Crippen LogP contribution in [0.2, 0.25) is 0 Å². The maximum Gasteiger partial charge on any atom is 0.254 e. The van der Waals surface area contributed by atoms with Crippen LogP contribution in [0.15, 0.2) is 24.3 Å². The summed E-state index contributed by atoms with van der Waals surface area (Å²) in [6.07, 6.45) is 8.27. The third kappa shape index (κ3) is 4.75. The van der Waals surface area contributed by atoms with E-state index in [1.807, 2.05) is 0 Å². The molecule has 1 aromatic heterocycles. The molecule has 0 saturated carbocycles. The van der Waals surface area contributed by atoms with Crippen LogP contribution in [-0.2, 0) is 6.54 Å². The maximum absolute atomic E-state index is 11.8. The van der Waals surface area contributed by atoms with Crippen molar-refractivity contribution in [2.45, 2.75) is 58.4 Å². The molecule has 1 aromatic carbocycles. The second-order valence-corrected chi connectivity index (χ2v) is 6.33. The van der Waals surface area contributed by atoms with Crippen LogP contribution >= 0.6 is 0 Å². The smallest absolute Gasteiger partial charge is 0.254 e. The molecule has 0 radical (unpaired) electrons. The van der Waals surface area contributed by atoms with Gasteiger partial charge in [-0.3, -0.25) is 9.48 Å². The van der Waals surface area contributed by atoms with Crippen molar-refractivity contribution in [3.05, 3.63) is 29.8 Å². The van der Waals surface area contributed by atoms with E-state index < -0.39 is 5.91 Å². The lowest BCUT2D eigenvalue weighted by molar-refractivity contribution is 0.100. The average Bonchev–Trinajstić information content (AvgIpc) is 2.91. The van der Waals surface area contributed by atoms with Crippen LogP contribution in [0, 0.1) is 0 Å². The largest absolute Gasteiger partial charge is 0.507 e. The number of rotatable bonds is 10. The average molecular weight is 344 g/mol. The fraction of sp³-hybridized carbons (Fsp3) is 0.474. The molecule has 1 heterocycles. The Balaban J connectivity index is 2.14. The Kier molecular flexibility index (Phi) is 6.86. The van der Waals surface area contributed by atoms with E-state index in [2.05, 4.69) is 12.0 Å². The van der Waals surface area contributed by atoms with Gasteiger partial charge >= 0.3 is 0 Å². The van der Waals surface area contributed by atoms with E-state index in [-0.39, 0.29) is 17.1 Å². The molecule has 0 saturated heterocycles. The zero-order valence-electron chi connectivity index (χ0n) is 14.9. The fourth-order valence-corrected chi connectivity index (χ4v) is 3.05. The number of aromatic nitrogens is 2. The van der Waals surface area contributed by atoms with E-state index in [1.54, 1.807) is 28.9 Å². The number of carbonyl (C=O) groups is 1. The lowest BCUT2D eigenvalue weighted by atomic mass is 10.1. The Morgan fingerprint density at radius 3 is 2.40 bits per heavy atom. The number of phenols is 1. The molecular weight excluding hydrogens is 316 g/mol. The van der Waals surface area contributed by atoms with E-state index >= 15 is 0 Å². The molecule has 25 heavy (non-hydrogen) atoms. The molecule has 0 aliphatic rings. The predicted octanol–water partition coefficient (Wildman–Crippen LogP) is 3.69. The van der Waals surface area contributed by atoms with Gasteiger partial charge in [0.1, 0.15) is 11.3 Å². The number of aromatic hydroxyl groups is 1. The SMILES string of the molecule is CCCCCCCCCn1nc(N)c(C(N)=O)c1-c1ccccc1O. The summed E-state index contributed by atoms with van der Waals surface area (Å²) < 4.78 is 1.69. The summed E-state index contributed by atoms with van der Waals surface area (Å²) in [5.74, 6) is -0.457. The maximum atomic E-state index is 11.8. The Hall–Kier alpha value is -2.50. The topological polar surface area (TPSA) is 107 Å². The van der Waals surface area contributed by atoms with Crippen molar-refractivity contribution < 1.29 is 9.90 Å². The molecular formula is C19H28N4O2. The predicted molar refractivity (Wildman–Crippen MR) is 100 cm³/mol. The van der Waals surface area contributed by atoms with Crippen LogP contribution in [-0.4, -0.2) is 20.8 Å². The van der Waals surface area contributed by atoms with Crippen LogP contribution in [0.5, 0.6) is 5.75 Å². The standard InChI is InChI=1S/C19H28N4O2/c1-2-3-4-5-6-7-10-13-23-17(14-11-8-9-12-15(14)24)16(19(21)25)18(20)22-23/h8-9,11-12,24H,2-7,10,13H2,1H3,(H2,20,22)(H2,21,25). The molecule has 5 N–H and O–H groups in total. The number of nitrogens with two attached hydrogens (primary N) is 2. The van der Waals surface area contributed by atoms with Crippen molar-refractivity contribution in [3.8, 4) is 17.0 Å². The number of carbonyl (C=O) groups excluding carboxylic acids is 1. The Morgan fingerprint density at radius 2 is 1.76 bits per heavy atom. The first-order valence-electron chi connectivity index (χ1n) is 9.00. The summed E-state index contributed by atoms with van der Waals surface area (Å²) >= 11 is 0. The minimum atomic E-state index is -0.637. The zero-order chi connectivity index (χ0) is 18.2. The van der Waals surface area contributed by atoms with Gasteiger partial charge in [-0.25, -0.2) is 0 Å². The molecule has 0 atom stereocenters. The van der Waals surface area contributed by atoms with Gasteiger partial charge in [-0.15, -0.1) is 0 Å². The molecule has 0 spiro atoms. The lowest BCUT2D eigenvalue weighted by Gasteiger charge is -2.10. The zero-order valence-corrected chi connectivity index (χ0v) is 14.9. The van der Waals surface area contributed by atoms with Crippen molar-refractivity contribution in [3.63, 3.8) is 0 Å². The van der Waals surface area contributed by atoms with E-state index in [9.17, 15) is 9.90 Å². The second-order valence-electron chi connectivity index (χ2n) is 6.33. The Bertz CT molecular complexity index is 709. The number of benzene rings is 1. The summed E-state index contributed by atoms with van der Waals surface area (Å²) in [6, 6.07) is 6.82. The molecule has 136 valence electrons. The van der Waals surface area contributed by atoms with Gasteiger partial charge in [-0.1, -0.05) is 57.6 Å². The van der Waals surface area contributed by atoms with E-state index in [1.165, 1.54) is 32.1 Å². The highest BCUT2D eigenvalue weighted by atomic mass is 16.3. The highest BCUT2D eigenvalue weighted by Crippen LogP contribution is 2.34. The Labute approximate surface area is 148 Å². The van der Waals surface area contributed by atoms with Gasteiger partial charge in [0.2, 0.25) is 0 Å². The summed E-state index contributed by atoms with van der Waals surface area (Å²) in [6.45, 7) is 2.84. The Morgan fingerprint density at radius 1 is 1.12 bits per heavy atom. The molecule has 0 aliphatic carbocycles. The van der Waals surface area contributed by atoms with Crippen molar-refractivity contribution >= 4 is 11.7 Å². The number of hydrogen-bond acceptors (Lipinski definition) is 4. The highest BCUT2D eigenvalue weighted by Gasteiger charge is 2.23. The van der Waals surface area contributed by atoms with Gasteiger partial charge in [0.05, 0.1) is 5.69 Å². The second kappa shape index (κ2) is 9.11. The molecule has 6 heteroatoms. The van der Waals surface area contributed by atoms with Crippen LogP contribution in [0.1, 0.15) is 62.2 Å². The fourth-order valence-electron chi connectivity index (χ4n) is 3.05. The summed E-state index contributed by atoms with van der Waals surface area (Å²) in [7, 11) is 0. The van der Waals surface area contributed by atoms with Gasteiger partial charge in [0.15, 0.2) is 5.82 Å². The summed E-state index contributed by atoms with van der Waals surface area (Å²) in [5.41, 5.74) is 12.6. The van der Waals surface area contributed by atoms with E-state index in [0.717, 1.165) is 12.8 Å². The number of phenolic OH excluding ortho intramolecular Hbond substituents is 1. The number of para-hydroxylation sites is 1. The molecule has 6 nitrogen and oxygen atoms in total. The molecule has 0 aliphatic heterocycles. The van der Waals surface area contributed by atoms with Crippen LogP contribution in [0.25, 0.3) is 11.3 Å². The molecule has 2 rings (SSSR count). The van der Waals surface area contributed by atoms with Gasteiger partial charge in [-0.05, 0) is 18.6 Å². The van der Waals surface area contributed by atoms with Crippen molar-refractivity contribution in [2.24, 2.45) is 5.73 Å². The minimum absolute atomic E-state index is 0.0747. The van der Waals surface area contributed by atoms with Crippen molar-refractivity contribution in [1.29, 1.82) is 0 Å². The molecule has 0 fully saturated rings. The van der Waals surface area contributed by atoms with Gasteiger partial charge in [-0.2, -0.15) is 5.10 Å². The normalized spacial score (nSPS) is 10.9. The number of unbranched alkanes of at least 4 members (excludes halogenated alkanes) is 6. The summed E-state index contributed by atoms with van der Waals surface area (Å²) in [5, 5.41) is 14.4. The van der Waals surface area contributed by atoms with Gasteiger partial charge in [0.25, 0.3) is 5.91 Å². The van der Waals surface area contributed by atoms with Crippen molar-refractivity contribution in [1.82, 2.24) is 9.78 Å². The first-order chi connectivity index (χ1) is 12.1. The molecule has 0 unspecified atom stereocenters. The number of amides is 1. The van der Waals surface area contributed by atoms with Crippen LogP contribution < -0.4 is 11.5 Å². The number of nitrogens with zero attached hydrogens (tertiary/aromatic N) is 2. The van der Waals surface area contributed by atoms with Crippen LogP contribution in [0.4, 0.5) is 5.82 Å². The molecule has 0 bridgehead atoms. The highest BCUT2D eigenvalue weighted by molar-refractivity contribution is 6.03. The third-order valence-corrected chi connectivity index (χ3v) is 4.36. The number of nitrogen functional groups attached to an aromatic ring is 1. The van der Waals surface area contributed by atoms with Crippen LogP contribution in [0.3, 0.4) is 0 Å². The molecule has 1 amide bonds. The third-order valence-electron chi connectivity index (χ3n) is 4.36. The van der Waals surface area contributed by atoms with E-state index in [0.29, 0.717) is 17.8 Å². The quantitative estimate of drug-likeness (QED) is 0.571. The number of hydrogen-bond donors (Lipinski definition) is 3. The lowest BCUT2D eigenvalue weighted by Crippen LogP contribution is -2.14. The summed E-state index contributed by atoms with van der Waals surface area (Å²) in [4.78, 5) is 11.8. The minimum Gasteiger partial charge on any atom is -0.507 e. The monoisotopic (exact) mass is 344 g/mol. The van der Waals surface area contributed by atoms with Crippen molar-refractivity contribution in [2.75, 3.05) is 5.73 Å². The first kappa shape index (κ1) is 18.8. The van der Waals surface area contributed by atoms with E-state index in [4.69, 9.17) is 11.5 Å². The first-order valence-corrected chi connectivity index (χ1v) is 9.00. The number of anilines is 1. The number of primary amides is 1.